The molecule has 5 nitrogen and oxygen atoms in total. The predicted molar refractivity (Wildman–Crippen MR) is 99.7 cm³/mol. The highest BCUT2D eigenvalue weighted by Gasteiger charge is 2.35. The van der Waals surface area contributed by atoms with Gasteiger partial charge >= 0.3 is 0 Å². The van der Waals surface area contributed by atoms with Crippen LogP contribution in [0.4, 0.5) is 0 Å². The maximum atomic E-state index is 12.9. The molecule has 4 rings (SSSR count). The van der Waals surface area contributed by atoms with E-state index in [0.717, 1.165) is 19.3 Å². The third-order valence-corrected chi connectivity index (χ3v) is 5.08. The number of nitrogens with zero attached hydrogens (tertiary/aromatic N) is 2. The number of hydrogen-bond acceptors (Lipinski definition) is 4. The molecule has 2 N–H and O–H groups in total. The first-order chi connectivity index (χ1) is 12.7. The number of carbonyl (C=O) groups is 1. The predicted octanol–water partition coefficient (Wildman–Crippen LogP) is 2.74. The molecule has 3 aromatic rings. The van der Waals surface area contributed by atoms with Gasteiger partial charge in [0.05, 0.1) is 17.2 Å². The molecule has 132 valence electrons. The summed E-state index contributed by atoms with van der Waals surface area (Å²) in [7, 11) is 0. The molecule has 0 aliphatic heterocycles. The zero-order valence-electron chi connectivity index (χ0n) is 14.4. The second-order valence-electron chi connectivity index (χ2n) is 6.88. The van der Waals surface area contributed by atoms with E-state index in [9.17, 15) is 9.90 Å². The number of para-hydroxylation sites is 1. The third kappa shape index (κ3) is 3.44. The van der Waals surface area contributed by atoms with Gasteiger partial charge in [0.1, 0.15) is 5.52 Å². The maximum Gasteiger partial charge on any atom is 0.253 e. The van der Waals surface area contributed by atoms with Gasteiger partial charge in [-0.05, 0) is 42.9 Å². The smallest absolute Gasteiger partial charge is 0.253 e. The zero-order valence-corrected chi connectivity index (χ0v) is 14.4. The molecule has 0 radical (unpaired) electrons. The average molecular weight is 347 g/mol. The topological polar surface area (TPSA) is 75.1 Å². The van der Waals surface area contributed by atoms with Crippen molar-refractivity contribution in [2.75, 3.05) is 0 Å². The molecule has 0 spiro atoms. The van der Waals surface area contributed by atoms with Crippen molar-refractivity contribution in [1.29, 1.82) is 0 Å². The van der Waals surface area contributed by atoms with Gasteiger partial charge in [0.2, 0.25) is 0 Å². The highest BCUT2D eigenvalue weighted by molar-refractivity contribution is 6.04. The summed E-state index contributed by atoms with van der Waals surface area (Å²) >= 11 is 0. The van der Waals surface area contributed by atoms with Crippen LogP contribution in [0.1, 0.15) is 28.8 Å². The molecular weight excluding hydrogens is 326 g/mol. The van der Waals surface area contributed by atoms with Crippen molar-refractivity contribution in [3.63, 3.8) is 0 Å². The lowest BCUT2D eigenvalue weighted by Crippen LogP contribution is -2.48. The lowest BCUT2D eigenvalue weighted by atomic mass is 9.75. The van der Waals surface area contributed by atoms with E-state index in [-0.39, 0.29) is 24.0 Å². The summed E-state index contributed by atoms with van der Waals surface area (Å²) in [5, 5.41) is 12.9. The van der Waals surface area contributed by atoms with E-state index in [2.05, 4.69) is 27.4 Å². The second kappa shape index (κ2) is 7.22. The Balaban J connectivity index is 1.57. The number of aromatic nitrogens is 2. The normalized spacial score (nSPS) is 20.3. The van der Waals surface area contributed by atoms with Gasteiger partial charge in [-0.3, -0.25) is 14.8 Å². The summed E-state index contributed by atoms with van der Waals surface area (Å²) < 4.78 is 0. The Hall–Kier alpha value is -2.79. The fourth-order valence-corrected chi connectivity index (χ4v) is 3.58. The zero-order chi connectivity index (χ0) is 17.9. The lowest BCUT2D eigenvalue weighted by Gasteiger charge is -2.38. The standard InChI is InChI=1S/C21H21N3O2/c25-16-12-15(13-16)19(11-14-5-2-1-3-6-14)24-21(26)17-7-4-8-18-20(17)23-10-9-22-18/h1-10,15-16,19,25H,11-13H2,(H,24,26)/t15?,16?,19-/m0/s1. The highest BCUT2D eigenvalue weighted by atomic mass is 16.3. The van der Waals surface area contributed by atoms with Crippen molar-refractivity contribution in [2.24, 2.45) is 5.92 Å². The van der Waals surface area contributed by atoms with Crippen molar-refractivity contribution >= 4 is 16.9 Å². The van der Waals surface area contributed by atoms with Crippen LogP contribution in [-0.4, -0.2) is 33.1 Å². The SMILES string of the molecule is O=C(N[C@@H](Cc1ccccc1)C1CC(O)C1)c1cccc2nccnc12. The van der Waals surface area contributed by atoms with Crippen LogP contribution in [0.15, 0.2) is 60.9 Å². The number of hydrogen-bond donors (Lipinski definition) is 2. The quantitative estimate of drug-likeness (QED) is 0.744. The van der Waals surface area contributed by atoms with Crippen LogP contribution in [0.25, 0.3) is 11.0 Å². The van der Waals surface area contributed by atoms with Gasteiger partial charge in [0, 0.05) is 18.4 Å². The molecule has 1 amide bonds. The van der Waals surface area contributed by atoms with Crippen LogP contribution >= 0.6 is 0 Å². The summed E-state index contributed by atoms with van der Waals surface area (Å²) in [4.78, 5) is 21.5. The van der Waals surface area contributed by atoms with E-state index in [1.165, 1.54) is 5.56 Å². The van der Waals surface area contributed by atoms with E-state index in [1.54, 1.807) is 18.5 Å². The molecule has 0 saturated heterocycles. The van der Waals surface area contributed by atoms with Gasteiger partial charge in [0.25, 0.3) is 5.91 Å². The molecule has 1 saturated carbocycles. The lowest BCUT2D eigenvalue weighted by molar-refractivity contribution is 0.0239. The Labute approximate surface area is 152 Å². The van der Waals surface area contributed by atoms with Gasteiger partial charge < -0.3 is 10.4 Å². The molecule has 1 aliphatic rings. The van der Waals surface area contributed by atoms with E-state index < -0.39 is 0 Å². The summed E-state index contributed by atoms with van der Waals surface area (Å²) in [6.07, 6.45) is 5.18. The Morgan fingerprint density at radius 1 is 1.08 bits per heavy atom. The summed E-state index contributed by atoms with van der Waals surface area (Å²) in [6.45, 7) is 0. The molecule has 1 heterocycles. The van der Waals surface area contributed by atoms with E-state index in [4.69, 9.17) is 0 Å². The van der Waals surface area contributed by atoms with E-state index in [1.807, 2.05) is 30.3 Å². The summed E-state index contributed by atoms with van der Waals surface area (Å²) in [6, 6.07) is 15.6. The van der Waals surface area contributed by atoms with E-state index >= 15 is 0 Å². The van der Waals surface area contributed by atoms with Crippen LogP contribution in [0.3, 0.4) is 0 Å². The number of benzene rings is 2. The van der Waals surface area contributed by atoms with Crippen LogP contribution in [-0.2, 0) is 6.42 Å². The van der Waals surface area contributed by atoms with Gasteiger partial charge in [-0.25, -0.2) is 0 Å². The first-order valence-electron chi connectivity index (χ1n) is 8.93. The number of amides is 1. The van der Waals surface area contributed by atoms with Gasteiger partial charge in [0.15, 0.2) is 0 Å². The molecule has 1 atom stereocenters. The summed E-state index contributed by atoms with van der Waals surface area (Å²) in [5.74, 6) is 0.147. The molecule has 5 heteroatoms. The molecule has 0 bridgehead atoms. The number of aliphatic hydroxyl groups excluding tert-OH is 1. The molecule has 26 heavy (non-hydrogen) atoms. The number of rotatable bonds is 5. The van der Waals surface area contributed by atoms with Crippen molar-refractivity contribution < 1.29 is 9.90 Å². The van der Waals surface area contributed by atoms with Crippen LogP contribution in [0.2, 0.25) is 0 Å². The fourth-order valence-electron chi connectivity index (χ4n) is 3.58. The molecule has 0 unspecified atom stereocenters. The average Bonchev–Trinajstić information content (AvgIpc) is 2.65. The van der Waals surface area contributed by atoms with Gasteiger partial charge in [-0.2, -0.15) is 0 Å². The highest BCUT2D eigenvalue weighted by Crippen LogP contribution is 2.32. The third-order valence-electron chi connectivity index (χ3n) is 5.08. The molecular formula is C21H21N3O2. The molecule has 1 aromatic heterocycles. The number of aliphatic hydroxyl groups is 1. The Kier molecular flexibility index (Phi) is 4.63. The molecule has 1 fully saturated rings. The van der Waals surface area contributed by atoms with Gasteiger partial charge in [-0.15, -0.1) is 0 Å². The van der Waals surface area contributed by atoms with Crippen molar-refractivity contribution in [3.8, 4) is 0 Å². The monoisotopic (exact) mass is 347 g/mol. The van der Waals surface area contributed by atoms with E-state index in [0.29, 0.717) is 16.6 Å². The van der Waals surface area contributed by atoms with Crippen molar-refractivity contribution in [1.82, 2.24) is 15.3 Å². The Morgan fingerprint density at radius 2 is 1.85 bits per heavy atom. The number of fused-ring (bicyclic) bond motifs is 1. The summed E-state index contributed by atoms with van der Waals surface area (Å²) in [5.41, 5.74) is 3.03. The van der Waals surface area contributed by atoms with Crippen LogP contribution < -0.4 is 5.32 Å². The van der Waals surface area contributed by atoms with Crippen LogP contribution in [0, 0.1) is 5.92 Å². The number of nitrogens with one attached hydrogen (secondary N) is 1. The first kappa shape index (κ1) is 16.7. The largest absolute Gasteiger partial charge is 0.393 e. The van der Waals surface area contributed by atoms with Crippen molar-refractivity contribution in [2.45, 2.75) is 31.4 Å². The second-order valence-corrected chi connectivity index (χ2v) is 6.88. The Bertz CT molecular complexity index is 902. The number of carbonyl (C=O) groups excluding carboxylic acids is 1. The molecule has 2 aromatic carbocycles. The minimum absolute atomic E-state index is 0.0137. The van der Waals surface area contributed by atoms with Crippen molar-refractivity contribution in [3.05, 3.63) is 72.1 Å². The minimum atomic E-state index is -0.251. The minimum Gasteiger partial charge on any atom is -0.393 e. The molecule has 1 aliphatic carbocycles. The first-order valence-corrected chi connectivity index (χ1v) is 8.93. The van der Waals surface area contributed by atoms with Gasteiger partial charge in [-0.1, -0.05) is 36.4 Å². The Morgan fingerprint density at radius 3 is 2.62 bits per heavy atom. The fraction of sp³-hybridized carbons (Fsp3) is 0.286. The maximum absolute atomic E-state index is 12.9. The van der Waals surface area contributed by atoms with Crippen LogP contribution in [0.5, 0.6) is 0 Å².